The van der Waals surface area contributed by atoms with Gasteiger partial charge in [-0.05, 0) is 31.0 Å². The number of ether oxygens (including phenoxy) is 3. The van der Waals surface area contributed by atoms with Crippen molar-refractivity contribution < 1.29 is 78.5 Å². The molecular formula is C12H15BF3KO3. The second kappa shape index (κ2) is 8.05. The van der Waals surface area contributed by atoms with E-state index in [9.17, 15) is 12.9 Å². The summed E-state index contributed by atoms with van der Waals surface area (Å²) in [6, 6.07) is 3.74. The van der Waals surface area contributed by atoms with Crippen LogP contribution in [0.15, 0.2) is 18.2 Å². The van der Waals surface area contributed by atoms with E-state index in [2.05, 4.69) is 0 Å². The molecule has 0 aliphatic carbocycles. The minimum absolute atomic E-state index is 0. The minimum atomic E-state index is -5.14. The molecule has 1 fully saturated rings. The van der Waals surface area contributed by atoms with E-state index >= 15 is 0 Å². The van der Waals surface area contributed by atoms with Crippen molar-refractivity contribution in [1.29, 1.82) is 0 Å². The third kappa shape index (κ3) is 4.92. The molecule has 1 saturated heterocycles. The van der Waals surface area contributed by atoms with Crippen molar-refractivity contribution in [3.8, 4) is 11.5 Å². The van der Waals surface area contributed by atoms with Gasteiger partial charge in [0.25, 0.3) is 0 Å². The average molecular weight is 314 g/mol. The van der Waals surface area contributed by atoms with Gasteiger partial charge in [0.1, 0.15) is 11.9 Å². The van der Waals surface area contributed by atoms with Crippen LogP contribution in [0.25, 0.3) is 0 Å². The average Bonchev–Trinajstić information content (AvgIpc) is 2.39. The monoisotopic (exact) mass is 314 g/mol. The smallest absolute Gasteiger partial charge is 0.497 e. The molecule has 1 aromatic carbocycles. The molecular weight excluding hydrogens is 299 g/mol. The summed E-state index contributed by atoms with van der Waals surface area (Å²) in [4.78, 5) is 0. The Morgan fingerprint density at radius 1 is 1.30 bits per heavy atom. The predicted octanol–water partition coefficient (Wildman–Crippen LogP) is -0.689. The zero-order valence-corrected chi connectivity index (χ0v) is 14.7. The van der Waals surface area contributed by atoms with E-state index in [1.54, 1.807) is 0 Å². The molecule has 0 bridgehead atoms. The molecule has 3 nitrogen and oxygen atoms in total. The summed E-state index contributed by atoms with van der Waals surface area (Å²) in [6.45, 7) is -4.17. The van der Waals surface area contributed by atoms with Gasteiger partial charge in [0.15, 0.2) is 0 Å². The Hall–Kier alpha value is 0.271. The Morgan fingerprint density at radius 2 is 2.05 bits per heavy atom. The summed E-state index contributed by atoms with van der Waals surface area (Å²) in [7, 11) is 1.33. The SMILES string of the molecule is COc1ccc(OC2CCCOC2)c([B-](F)(F)F)c1.[K+]. The van der Waals surface area contributed by atoms with Crippen molar-refractivity contribution in [3.05, 3.63) is 18.2 Å². The van der Waals surface area contributed by atoms with E-state index in [4.69, 9.17) is 14.2 Å². The molecule has 0 radical (unpaired) electrons. The van der Waals surface area contributed by atoms with Crippen LogP contribution in [0.1, 0.15) is 12.8 Å². The zero-order chi connectivity index (χ0) is 13.9. The van der Waals surface area contributed by atoms with E-state index < -0.39 is 12.4 Å². The number of halogens is 3. The van der Waals surface area contributed by atoms with Crippen LogP contribution in [0.3, 0.4) is 0 Å². The van der Waals surface area contributed by atoms with Crippen molar-refractivity contribution in [2.24, 2.45) is 0 Å². The maximum absolute atomic E-state index is 13.0. The van der Waals surface area contributed by atoms with Gasteiger partial charge in [0.05, 0.1) is 19.5 Å². The zero-order valence-electron chi connectivity index (χ0n) is 11.6. The molecule has 20 heavy (non-hydrogen) atoms. The molecule has 1 heterocycles. The third-order valence-electron chi connectivity index (χ3n) is 2.98. The van der Waals surface area contributed by atoms with Gasteiger partial charge < -0.3 is 27.2 Å². The maximum atomic E-state index is 13.0. The Kier molecular flexibility index (Phi) is 7.37. The molecule has 8 heteroatoms. The Labute approximate surface area is 158 Å². The molecule has 0 saturated carbocycles. The van der Waals surface area contributed by atoms with Gasteiger partial charge >= 0.3 is 58.4 Å². The van der Waals surface area contributed by atoms with Gasteiger partial charge in [0, 0.05) is 6.61 Å². The van der Waals surface area contributed by atoms with Crippen molar-refractivity contribution in [1.82, 2.24) is 0 Å². The molecule has 0 aromatic heterocycles. The first-order chi connectivity index (χ1) is 9.00. The number of methoxy groups -OCH3 is 1. The van der Waals surface area contributed by atoms with E-state index in [0.29, 0.717) is 19.6 Å². The molecule has 0 N–H and O–H groups in total. The first-order valence-corrected chi connectivity index (χ1v) is 6.13. The molecule has 1 atom stereocenters. The molecule has 1 aromatic rings. The molecule has 1 aliphatic rings. The Balaban J connectivity index is 0.00000200. The van der Waals surface area contributed by atoms with E-state index in [-0.39, 0.29) is 69.0 Å². The molecule has 2 rings (SSSR count). The Bertz CT molecular complexity index is 436. The fourth-order valence-corrected chi connectivity index (χ4v) is 2.00. The van der Waals surface area contributed by atoms with Crippen molar-refractivity contribution in [2.75, 3.05) is 20.3 Å². The van der Waals surface area contributed by atoms with Crippen LogP contribution < -0.4 is 66.3 Å². The summed E-state index contributed by atoms with van der Waals surface area (Å²) in [5.41, 5.74) is -0.759. The minimum Gasteiger partial charge on any atom is -0.497 e. The van der Waals surface area contributed by atoms with Gasteiger partial charge in [-0.3, -0.25) is 0 Å². The predicted molar refractivity (Wildman–Crippen MR) is 66.2 cm³/mol. The third-order valence-corrected chi connectivity index (χ3v) is 2.98. The van der Waals surface area contributed by atoms with Crippen molar-refractivity contribution in [2.45, 2.75) is 18.9 Å². The number of benzene rings is 1. The van der Waals surface area contributed by atoms with Gasteiger partial charge in [-0.1, -0.05) is 5.46 Å². The molecule has 0 amide bonds. The number of hydrogen-bond donors (Lipinski definition) is 0. The van der Waals surface area contributed by atoms with Crippen LogP contribution in [0, 0.1) is 0 Å². The standard InChI is InChI=1S/C12H15BF3O3.K/c1-17-9-4-5-12(11(7-9)13(14,15)16)19-10-3-2-6-18-8-10;/h4-5,7,10H,2-3,6,8H2,1H3;/q-1;+1. The van der Waals surface area contributed by atoms with Crippen LogP contribution in [0.2, 0.25) is 0 Å². The second-order valence-corrected chi connectivity index (χ2v) is 4.44. The quantitative estimate of drug-likeness (QED) is 0.689. The summed E-state index contributed by atoms with van der Waals surface area (Å²) in [6.07, 6.45) is 1.18. The van der Waals surface area contributed by atoms with Crippen LogP contribution in [0.4, 0.5) is 12.9 Å². The van der Waals surface area contributed by atoms with Gasteiger partial charge in [0.2, 0.25) is 0 Å². The van der Waals surface area contributed by atoms with E-state index in [0.717, 1.165) is 12.5 Å². The first-order valence-electron chi connectivity index (χ1n) is 6.13. The van der Waals surface area contributed by atoms with Crippen LogP contribution in [-0.4, -0.2) is 33.4 Å². The molecule has 1 unspecified atom stereocenters. The van der Waals surface area contributed by atoms with Gasteiger partial charge in [-0.25, -0.2) is 0 Å². The van der Waals surface area contributed by atoms with Crippen LogP contribution in [0.5, 0.6) is 11.5 Å². The molecule has 0 spiro atoms. The van der Waals surface area contributed by atoms with Gasteiger partial charge in [-0.2, -0.15) is 0 Å². The van der Waals surface area contributed by atoms with E-state index in [1.165, 1.54) is 19.2 Å². The summed E-state index contributed by atoms with van der Waals surface area (Å²) < 4.78 is 54.5. The van der Waals surface area contributed by atoms with Crippen LogP contribution in [-0.2, 0) is 4.74 Å². The Morgan fingerprint density at radius 3 is 2.60 bits per heavy atom. The number of hydrogen-bond acceptors (Lipinski definition) is 3. The second-order valence-electron chi connectivity index (χ2n) is 4.44. The molecule has 1 aliphatic heterocycles. The normalized spacial score (nSPS) is 19.1. The van der Waals surface area contributed by atoms with Crippen LogP contribution >= 0.6 is 0 Å². The summed E-state index contributed by atoms with van der Waals surface area (Å²) in [5.74, 6) is 0.0187. The van der Waals surface area contributed by atoms with Crippen molar-refractivity contribution >= 4 is 12.4 Å². The summed E-state index contributed by atoms with van der Waals surface area (Å²) in [5, 5.41) is 0. The van der Waals surface area contributed by atoms with Gasteiger partial charge in [-0.15, -0.1) is 0 Å². The van der Waals surface area contributed by atoms with E-state index in [1.807, 2.05) is 0 Å². The number of rotatable bonds is 4. The fraction of sp³-hybridized carbons (Fsp3) is 0.500. The maximum Gasteiger partial charge on any atom is 1.00 e. The van der Waals surface area contributed by atoms with Crippen molar-refractivity contribution in [3.63, 3.8) is 0 Å². The largest absolute Gasteiger partial charge is 1.00 e. The fourth-order valence-electron chi connectivity index (χ4n) is 2.00. The first kappa shape index (κ1) is 18.3. The summed E-state index contributed by atoms with van der Waals surface area (Å²) >= 11 is 0. The topological polar surface area (TPSA) is 27.7 Å². The molecule has 106 valence electrons.